The first-order chi connectivity index (χ1) is 13.0. The van der Waals surface area contributed by atoms with Crippen molar-refractivity contribution in [3.05, 3.63) is 65.5 Å². The molecule has 0 radical (unpaired) electrons. The number of hydrogen-bond donors (Lipinski definition) is 2. The van der Waals surface area contributed by atoms with Crippen LogP contribution in [-0.4, -0.2) is 39.7 Å². The molecule has 2 heterocycles. The Morgan fingerprint density at radius 2 is 1.96 bits per heavy atom. The number of aromatic nitrogens is 2. The molecule has 134 valence electrons. The smallest absolute Gasteiger partial charge is 0.534 e. The van der Waals surface area contributed by atoms with E-state index in [0.717, 1.165) is 5.56 Å². The molecule has 8 heteroatoms. The largest absolute Gasteiger partial charge is 0.547 e. The number of amides is 1. The van der Waals surface area contributed by atoms with Gasteiger partial charge in [-0.1, -0.05) is 12.1 Å². The van der Waals surface area contributed by atoms with Gasteiger partial charge < -0.3 is 15.0 Å². The number of carbonyl (C=O) groups excluding carboxylic acids is 2. The van der Waals surface area contributed by atoms with Crippen molar-refractivity contribution in [2.75, 3.05) is 0 Å². The molecule has 4 rings (SSSR count). The maximum atomic E-state index is 12.6. The lowest BCUT2D eigenvalue weighted by molar-refractivity contribution is 0.0939. The second kappa shape index (κ2) is 6.81. The third-order valence-corrected chi connectivity index (χ3v) is 4.55. The minimum absolute atomic E-state index is 0.140. The molecule has 0 spiro atoms. The highest BCUT2D eigenvalue weighted by Crippen LogP contribution is 2.30. The summed E-state index contributed by atoms with van der Waals surface area (Å²) < 4.78 is 5.54. The fraction of sp³-hybridized carbons (Fsp3) is 0.158. The highest BCUT2D eigenvalue weighted by atomic mass is 16.5. The topological polar surface area (TPSA) is 101 Å². The average Bonchev–Trinajstić information content (AvgIpc) is 2.67. The molecule has 0 unspecified atom stereocenters. The normalized spacial score (nSPS) is 15.8. The first-order valence-electron chi connectivity index (χ1n) is 8.52. The number of rotatable bonds is 3. The standard InChI is InChI=1S/C19H16BN3O4/c1-11(24)14-4-2-3-12-10-17(20(26)27-18(12)14)23-19(25)13-5-6-15-16(9-13)22-8-7-21-15/h2-9,17,26H,10H2,1H3,(H,23,25)/t17-/m0/s1. The van der Waals surface area contributed by atoms with Crippen molar-refractivity contribution in [1.82, 2.24) is 15.3 Å². The molecule has 3 aromatic rings. The SMILES string of the molecule is CC(=O)c1cccc2c1OB(O)[C@@H](NC(=O)c1ccc3nccnc3c1)C2. The third-order valence-electron chi connectivity index (χ3n) is 4.55. The van der Waals surface area contributed by atoms with Gasteiger partial charge in [-0.3, -0.25) is 19.6 Å². The number of hydrogen-bond acceptors (Lipinski definition) is 6. The molecule has 0 aliphatic carbocycles. The van der Waals surface area contributed by atoms with Crippen LogP contribution in [0.5, 0.6) is 5.75 Å². The number of ketones is 1. The summed E-state index contributed by atoms with van der Waals surface area (Å²) in [5.41, 5.74) is 2.91. The van der Waals surface area contributed by atoms with Crippen LogP contribution in [0.2, 0.25) is 0 Å². The van der Waals surface area contributed by atoms with Gasteiger partial charge in [-0.2, -0.15) is 0 Å². The summed E-state index contributed by atoms with van der Waals surface area (Å²) in [5.74, 6) is -0.742. The van der Waals surface area contributed by atoms with Crippen LogP contribution in [0.15, 0.2) is 48.8 Å². The second-order valence-corrected chi connectivity index (χ2v) is 6.40. The Morgan fingerprint density at radius 1 is 1.19 bits per heavy atom. The molecule has 27 heavy (non-hydrogen) atoms. The van der Waals surface area contributed by atoms with Gasteiger partial charge in [-0.05, 0) is 43.2 Å². The van der Waals surface area contributed by atoms with Crippen LogP contribution < -0.4 is 9.97 Å². The van der Waals surface area contributed by atoms with Crippen molar-refractivity contribution in [3.63, 3.8) is 0 Å². The fourth-order valence-corrected chi connectivity index (χ4v) is 3.18. The van der Waals surface area contributed by atoms with Crippen LogP contribution in [-0.2, 0) is 6.42 Å². The lowest BCUT2D eigenvalue weighted by Gasteiger charge is -2.29. The number of nitrogens with zero attached hydrogens (tertiary/aromatic N) is 2. The first-order valence-corrected chi connectivity index (χ1v) is 8.52. The molecule has 0 saturated heterocycles. The zero-order chi connectivity index (χ0) is 19.0. The molecule has 0 fully saturated rings. The van der Waals surface area contributed by atoms with E-state index in [1.807, 2.05) is 6.07 Å². The maximum Gasteiger partial charge on any atom is 0.547 e. The van der Waals surface area contributed by atoms with Gasteiger partial charge in [-0.15, -0.1) is 0 Å². The summed E-state index contributed by atoms with van der Waals surface area (Å²) in [6.45, 7) is 1.45. The highest BCUT2D eigenvalue weighted by molar-refractivity contribution is 6.47. The molecular weight excluding hydrogens is 345 g/mol. The minimum atomic E-state index is -1.25. The van der Waals surface area contributed by atoms with Gasteiger partial charge in [0, 0.05) is 18.0 Å². The number of carbonyl (C=O) groups is 2. The molecular formula is C19H16BN3O4. The lowest BCUT2D eigenvalue weighted by atomic mass is 9.72. The van der Waals surface area contributed by atoms with Crippen molar-refractivity contribution >= 4 is 29.8 Å². The Hall–Kier alpha value is -3.26. The molecule has 1 aliphatic rings. The van der Waals surface area contributed by atoms with Crippen molar-refractivity contribution in [1.29, 1.82) is 0 Å². The molecule has 7 nitrogen and oxygen atoms in total. The van der Waals surface area contributed by atoms with Crippen molar-refractivity contribution in [2.24, 2.45) is 0 Å². The number of benzene rings is 2. The Bertz CT molecular complexity index is 1060. The molecule has 2 aromatic carbocycles. The van der Waals surface area contributed by atoms with E-state index in [2.05, 4.69) is 15.3 Å². The van der Waals surface area contributed by atoms with Gasteiger partial charge in [0.2, 0.25) is 0 Å². The molecule has 1 atom stereocenters. The summed E-state index contributed by atoms with van der Waals surface area (Å²) in [5, 5.41) is 13.1. The minimum Gasteiger partial charge on any atom is -0.534 e. The predicted octanol–water partition coefficient (Wildman–Crippen LogP) is 1.59. The van der Waals surface area contributed by atoms with E-state index in [-0.39, 0.29) is 11.7 Å². The Morgan fingerprint density at radius 3 is 2.74 bits per heavy atom. The van der Waals surface area contributed by atoms with Crippen molar-refractivity contribution in [3.8, 4) is 5.75 Å². The molecule has 0 saturated carbocycles. The highest BCUT2D eigenvalue weighted by Gasteiger charge is 2.37. The van der Waals surface area contributed by atoms with E-state index in [1.165, 1.54) is 6.92 Å². The monoisotopic (exact) mass is 361 g/mol. The quantitative estimate of drug-likeness (QED) is 0.543. The second-order valence-electron chi connectivity index (χ2n) is 6.40. The van der Waals surface area contributed by atoms with Crippen LogP contribution in [0.25, 0.3) is 11.0 Å². The van der Waals surface area contributed by atoms with E-state index >= 15 is 0 Å². The van der Waals surface area contributed by atoms with Crippen LogP contribution in [0.1, 0.15) is 33.2 Å². The number of nitrogens with one attached hydrogen (secondary N) is 1. The molecule has 2 N–H and O–H groups in total. The number of Topliss-reactive ketones (excluding diaryl/α,β-unsaturated/α-hetero) is 1. The van der Waals surface area contributed by atoms with Gasteiger partial charge in [0.1, 0.15) is 5.75 Å². The lowest BCUT2D eigenvalue weighted by Crippen LogP contribution is -2.53. The van der Waals surface area contributed by atoms with Crippen LogP contribution in [0.3, 0.4) is 0 Å². The molecule has 1 aromatic heterocycles. The van der Waals surface area contributed by atoms with Crippen molar-refractivity contribution < 1.29 is 19.3 Å². The van der Waals surface area contributed by atoms with Gasteiger partial charge in [0.05, 0.1) is 22.5 Å². The van der Waals surface area contributed by atoms with E-state index in [1.54, 1.807) is 42.7 Å². The Kier molecular flexibility index (Phi) is 4.33. The third kappa shape index (κ3) is 3.27. The van der Waals surface area contributed by atoms with Gasteiger partial charge >= 0.3 is 7.12 Å². The summed E-state index contributed by atoms with van der Waals surface area (Å²) in [6.07, 6.45) is 3.51. The molecule has 1 amide bonds. The van der Waals surface area contributed by atoms with E-state index in [9.17, 15) is 14.6 Å². The fourth-order valence-electron chi connectivity index (χ4n) is 3.18. The summed E-state index contributed by atoms with van der Waals surface area (Å²) in [6, 6.07) is 10.3. The molecule has 1 aliphatic heterocycles. The van der Waals surface area contributed by atoms with Crippen LogP contribution in [0.4, 0.5) is 0 Å². The summed E-state index contributed by atoms with van der Waals surface area (Å²) in [7, 11) is -1.25. The van der Waals surface area contributed by atoms with E-state index in [4.69, 9.17) is 4.65 Å². The van der Waals surface area contributed by atoms with Gasteiger partial charge in [-0.25, -0.2) is 0 Å². The van der Waals surface area contributed by atoms with Crippen LogP contribution >= 0.6 is 0 Å². The van der Waals surface area contributed by atoms with Gasteiger partial charge in [0.25, 0.3) is 5.91 Å². The summed E-state index contributed by atoms with van der Waals surface area (Å²) >= 11 is 0. The number of fused-ring (bicyclic) bond motifs is 2. The zero-order valence-corrected chi connectivity index (χ0v) is 14.5. The Labute approximate surface area is 155 Å². The van der Waals surface area contributed by atoms with E-state index < -0.39 is 13.1 Å². The summed E-state index contributed by atoms with van der Waals surface area (Å²) in [4.78, 5) is 32.7. The van der Waals surface area contributed by atoms with E-state index in [0.29, 0.717) is 34.3 Å². The van der Waals surface area contributed by atoms with Gasteiger partial charge in [0.15, 0.2) is 5.78 Å². The predicted molar refractivity (Wildman–Crippen MR) is 99.5 cm³/mol. The maximum absolute atomic E-state index is 12.6. The average molecular weight is 361 g/mol. The molecule has 0 bridgehead atoms. The van der Waals surface area contributed by atoms with Crippen molar-refractivity contribution in [2.45, 2.75) is 19.3 Å². The number of para-hydroxylation sites is 1. The first kappa shape index (κ1) is 17.2. The van der Waals surface area contributed by atoms with Crippen LogP contribution in [0, 0.1) is 0 Å². The Balaban J connectivity index is 1.56. The zero-order valence-electron chi connectivity index (χ0n) is 14.5.